The fraction of sp³-hybridized carbons (Fsp3) is 0.214. The SMILES string of the molecule is CO/C=C(/C(=O)OC)c1ccccc1C=CCO. The summed E-state index contributed by atoms with van der Waals surface area (Å²) in [7, 11) is 2.78. The van der Waals surface area contributed by atoms with Gasteiger partial charge in [0.25, 0.3) is 0 Å². The molecule has 0 spiro atoms. The van der Waals surface area contributed by atoms with Crippen LogP contribution in [0.5, 0.6) is 0 Å². The van der Waals surface area contributed by atoms with Crippen molar-refractivity contribution in [3.05, 3.63) is 47.7 Å². The number of rotatable bonds is 5. The normalized spacial score (nSPS) is 11.6. The number of aliphatic hydroxyl groups is 1. The van der Waals surface area contributed by atoms with Crippen LogP contribution < -0.4 is 0 Å². The van der Waals surface area contributed by atoms with E-state index in [-0.39, 0.29) is 6.61 Å². The van der Waals surface area contributed by atoms with E-state index in [0.29, 0.717) is 11.1 Å². The van der Waals surface area contributed by atoms with Gasteiger partial charge in [-0.3, -0.25) is 0 Å². The Morgan fingerprint density at radius 2 is 2.06 bits per heavy atom. The molecular weight excluding hydrogens is 232 g/mol. The molecule has 0 saturated carbocycles. The number of hydrogen-bond acceptors (Lipinski definition) is 4. The van der Waals surface area contributed by atoms with Gasteiger partial charge in [0.1, 0.15) is 5.57 Å². The minimum absolute atomic E-state index is 0.0596. The molecule has 0 radical (unpaired) electrons. The molecule has 0 aliphatic rings. The third-order valence-corrected chi connectivity index (χ3v) is 2.29. The first kappa shape index (κ1) is 14.0. The summed E-state index contributed by atoms with van der Waals surface area (Å²) in [5, 5.41) is 8.80. The molecule has 1 aromatic carbocycles. The van der Waals surface area contributed by atoms with E-state index in [1.54, 1.807) is 18.2 Å². The number of benzene rings is 1. The first-order valence-corrected chi connectivity index (χ1v) is 5.42. The maximum Gasteiger partial charge on any atom is 0.341 e. The zero-order valence-electron chi connectivity index (χ0n) is 10.4. The van der Waals surface area contributed by atoms with Crippen molar-refractivity contribution in [3.63, 3.8) is 0 Å². The van der Waals surface area contributed by atoms with Crippen molar-refractivity contribution in [1.82, 2.24) is 0 Å². The lowest BCUT2D eigenvalue weighted by atomic mass is 10.0. The second kappa shape index (κ2) is 7.29. The lowest BCUT2D eigenvalue weighted by molar-refractivity contribution is -0.133. The Bertz CT molecular complexity index is 461. The standard InChI is InChI=1S/C14H16O4/c1-17-10-13(14(16)18-2)12-8-4-3-6-11(12)7-5-9-15/h3-8,10,15H,9H2,1-2H3/b7-5?,13-10+. The zero-order chi connectivity index (χ0) is 13.4. The second-order valence-corrected chi connectivity index (χ2v) is 3.43. The summed E-state index contributed by atoms with van der Waals surface area (Å²) in [4.78, 5) is 11.7. The van der Waals surface area contributed by atoms with E-state index < -0.39 is 5.97 Å². The Hall–Kier alpha value is -2.07. The van der Waals surface area contributed by atoms with Gasteiger partial charge in [-0.25, -0.2) is 4.79 Å². The Kier molecular flexibility index (Phi) is 5.67. The van der Waals surface area contributed by atoms with Crippen LogP contribution in [0.1, 0.15) is 11.1 Å². The molecule has 0 atom stereocenters. The Balaban J connectivity index is 3.24. The predicted octanol–water partition coefficient (Wildman–Crippen LogP) is 1.85. The lowest BCUT2D eigenvalue weighted by Gasteiger charge is -2.08. The van der Waals surface area contributed by atoms with Gasteiger partial charge in [0.15, 0.2) is 0 Å². The van der Waals surface area contributed by atoms with Crippen LogP contribution in [0.2, 0.25) is 0 Å². The Morgan fingerprint density at radius 3 is 2.67 bits per heavy atom. The number of carbonyl (C=O) groups excluding carboxylic acids is 1. The minimum atomic E-state index is -0.471. The smallest absolute Gasteiger partial charge is 0.341 e. The number of esters is 1. The summed E-state index contributed by atoms with van der Waals surface area (Å²) >= 11 is 0. The summed E-state index contributed by atoms with van der Waals surface area (Å²) in [5.74, 6) is -0.471. The van der Waals surface area contributed by atoms with Crippen LogP contribution in [0.4, 0.5) is 0 Å². The topological polar surface area (TPSA) is 55.8 Å². The van der Waals surface area contributed by atoms with Crippen LogP contribution in [0.25, 0.3) is 11.6 Å². The molecule has 1 rings (SSSR count). The van der Waals surface area contributed by atoms with E-state index in [9.17, 15) is 4.79 Å². The second-order valence-electron chi connectivity index (χ2n) is 3.43. The van der Waals surface area contributed by atoms with Gasteiger partial charge in [-0.1, -0.05) is 36.4 Å². The fourth-order valence-corrected chi connectivity index (χ4v) is 1.52. The molecule has 4 nitrogen and oxygen atoms in total. The molecule has 0 fully saturated rings. The Labute approximate surface area is 106 Å². The minimum Gasteiger partial charge on any atom is -0.503 e. The van der Waals surface area contributed by atoms with Gasteiger partial charge in [-0.15, -0.1) is 0 Å². The van der Waals surface area contributed by atoms with Gasteiger partial charge in [0, 0.05) is 0 Å². The maximum absolute atomic E-state index is 11.7. The first-order chi connectivity index (χ1) is 8.74. The van der Waals surface area contributed by atoms with E-state index in [2.05, 4.69) is 0 Å². The van der Waals surface area contributed by atoms with Crippen LogP contribution >= 0.6 is 0 Å². The van der Waals surface area contributed by atoms with Gasteiger partial charge in [0.2, 0.25) is 0 Å². The van der Waals surface area contributed by atoms with Crippen molar-refractivity contribution in [2.45, 2.75) is 0 Å². The predicted molar refractivity (Wildman–Crippen MR) is 69.6 cm³/mol. The quantitative estimate of drug-likeness (QED) is 0.491. The van der Waals surface area contributed by atoms with E-state index in [1.807, 2.05) is 18.2 Å². The molecule has 0 amide bonds. The summed E-state index contributed by atoms with van der Waals surface area (Å²) in [6.07, 6.45) is 4.68. The summed E-state index contributed by atoms with van der Waals surface area (Å²) in [6, 6.07) is 7.30. The maximum atomic E-state index is 11.7. The fourth-order valence-electron chi connectivity index (χ4n) is 1.52. The van der Waals surface area contributed by atoms with E-state index in [0.717, 1.165) is 5.56 Å². The van der Waals surface area contributed by atoms with Gasteiger partial charge >= 0.3 is 5.97 Å². The van der Waals surface area contributed by atoms with Crippen molar-refractivity contribution in [2.24, 2.45) is 0 Å². The molecule has 0 aliphatic carbocycles. The highest BCUT2D eigenvalue weighted by molar-refractivity contribution is 6.17. The molecular formula is C14H16O4. The van der Waals surface area contributed by atoms with Crippen molar-refractivity contribution in [1.29, 1.82) is 0 Å². The van der Waals surface area contributed by atoms with Gasteiger partial charge in [-0.05, 0) is 11.1 Å². The molecule has 18 heavy (non-hydrogen) atoms. The average Bonchev–Trinajstić information content (AvgIpc) is 2.42. The molecule has 0 saturated heterocycles. The number of methoxy groups -OCH3 is 2. The lowest BCUT2D eigenvalue weighted by Crippen LogP contribution is -2.05. The first-order valence-electron chi connectivity index (χ1n) is 5.42. The molecule has 96 valence electrons. The van der Waals surface area contributed by atoms with Crippen LogP contribution in [0.3, 0.4) is 0 Å². The van der Waals surface area contributed by atoms with E-state index in [1.165, 1.54) is 20.5 Å². The van der Waals surface area contributed by atoms with Crippen LogP contribution in [0, 0.1) is 0 Å². The molecule has 0 aliphatic heterocycles. The zero-order valence-corrected chi connectivity index (χ0v) is 10.4. The number of carbonyl (C=O) groups is 1. The van der Waals surface area contributed by atoms with Crippen molar-refractivity contribution >= 4 is 17.6 Å². The van der Waals surface area contributed by atoms with E-state index in [4.69, 9.17) is 14.6 Å². The van der Waals surface area contributed by atoms with Crippen LogP contribution in [-0.2, 0) is 14.3 Å². The van der Waals surface area contributed by atoms with Gasteiger partial charge in [-0.2, -0.15) is 0 Å². The number of ether oxygens (including phenoxy) is 2. The summed E-state index contributed by atoms with van der Waals surface area (Å²) in [5.41, 5.74) is 1.83. The highest BCUT2D eigenvalue weighted by Crippen LogP contribution is 2.21. The van der Waals surface area contributed by atoms with Gasteiger partial charge < -0.3 is 14.6 Å². The number of hydrogen-bond donors (Lipinski definition) is 1. The molecule has 0 unspecified atom stereocenters. The van der Waals surface area contributed by atoms with Crippen molar-refractivity contribution in [3.8, 4) is 0 Å². The Morgan fingerprint density at radius 1 is 1.33 bits per heavy atom. The molecule has 0 heterocycles. The highest BCUT2D eigenvalue weighted by Gasteiger charge is 2.15. The summed E-state index contributed by atoms with van der Waals surface area (Å²) in [6.45, 7) is -0.0596. The third-order valence-electron chi connectivity index (χ3n) is 2.29. The van der Waals surface area contributed by atoms with Gasteiger partial charge in [0.05, 0.1) is 27.1 Å². The van der Waals surface area contributed by atoms with Crippen molar-refractivity contribution < 1.29 is 19.4 Å². The third kappa shape index (κ3) is 3.46. The average molecular weight is 248 g/mol. The van der Waals surface area contributed by atoms with Crippen LogP contribution in [0.15, 0.2) is 36.6 Å². The molecule has 1 N–H and O–H groups in total. The highest BCUT2D eigenvalue weighted by atomic mass is 16.5. The van der Waals surface area contributed by atoms with Crippen LogP contribution in [-0.4, -0.2) is 31.9 Å². The molecule has 0 bridgehead atoms. The van der Waals surface area contributed by atoms with E-state index >= 15 is 0 Å². The number of aliphatic hydroxyl groups excluding tert-OH is 1. The molecule has 1 aromatic rings. The largest absolute Gasteiger partial charge is 0.503 e. The van der Waals surface area contributed by atoms with Crippen molar-refractivity contribution in [2.75, 3.05) is 20.8 Å². The molecule has 0 aromatic heterocycles. The monoisotopic (exact) mass is 248 g/mol. The molecule has 4 heteroatoms. The summed E-state index contributed by atoms with van der Waals surface area (Å²) < 4.78 is 9.62.